The fourth-order valence-electron chi connectivity index (χ4n) is 2.56. The molecule has 1 saturated carbocycles. The van der Waals surface area contributed by atoms with Crippen LogP contribution in [0.2, 0.25) is 0 Å². The van der Waals surface area contributed by atoms with Crippen molar-refractivity contribution in [1.82, 2.24) is 9.97 Å². The minimum atomic E-state index is -0.883. The van der Waals surface area contributed by atoms with Crippen LogP contribution >= 0.6 is 11.3 Å². The molecule has 2 aromatic heterocycles. The number of nitrogens with zero attached hydrogens (tertiary/aromatic N) is 1. The van der Waals surface area contributed by atoms with Gasteiger partial charge in [0, 0.05) is 11.3 Å². The van der Waals surface area contributed by atoms with E-state index in [1.165, 1.54) is 43.4 Å². The van der Waals surface area contributed by atoms with Crippen LogP contribution in [0.3, 0.4) is 0 Å². The molecule has 1 aliphatic carbocycles. The van der Waals surface area contributed by atoms with Crippen LogP contribution < -0.4 is 0 Å². The van der Waals surface area contributed by atoms with Crippen molar-refractivity contribution in [1.29, 1.82) is 0 Å². The third-order valence-electron chi connectivity index (χ3n) is 3.45. The first-order chi connectivity index (χ1) is 8.25. The van der Waals surface area contributed by atoms with E-state index in [1.54, 1.807) is 0 Å². The summed E-state index contributed by atoms with van der Waals surface area (Å²) in [4.78, 5) is 19.1. The summed E-state index contributed by atoms with van der Waals surface area (Å²) in [6, 6.07) is 0. The average Bonchev–Trinajstić information content (AvgIpc) is 2.88. The van der Waals surface area contributed by atoms with Gasteiger partial charge in [0.2, 0.25) is 0 Å². The largest absolute Gasteiger partial charge is 0.477 e. The van der Waals surface area contributed by atoms with Crippen molar-refractivity contribution in [2.24, 2.45) is 0 Å². The van der Waals surface area contributed by atoms with Gasteiger partial charge >= 0.3 is 5.97 Å². The van der Waals surface area contributed by atoms with E-state index in [-0.39, 0.29) is 0 Å². The van der Waals surface area contributed by atoms with Crippen molar-refractivity contribution in [2.75, 3.05) is 0 Å². The number of aromatic carboxylic acids is 1. The number of carbonyl (C=O) groups is 1. The van der Waals surface area contributed by atoms with Crippen LogP contribution in [0.4, 0.5) is 0 Å². The zero-order valence-corrected chi connectivity index (χ0v) is 10.2. The Hall–Kier alpha value is -1.36. The normalized spacial score (nSPS) is 17.6. The Balaban J connectivity index is 1.98. The Labute approximate surface area is 103 Å². The van der Waals surface area contributed by atoms with E-state index < -0.39 is 5.97 Å². The van der Waals surface area contributed by atoms with Gasteiger partial charge in [-0.15, -0.1) is 11.3 Å². The quantitative estimate of drug-likeness (QED) is 0.858. The lowest BCUT2D eigenvalue weighted by molar-refractivity contribution is 0.0704. The fraction of sp³-hybridized carbons (Fsp3) is 0.500. The topological polar surface area (TPSA) is 66.0 Å². The zero-order valence-electron chi connectivity index (χ0n) is 9.40. The summed E-state index contributed by atoms with van der Waals surface area (Å²) in [5.41, 5.74) is 1.50. The number of hydrogen-bond acceptors (Lipinski definition) is 3. The second-order valence-corrected chi connectivity index (χ2v) is 5.47. The Morgan fingerprint density at radius 3 is 2.88 bits per heavy atom. The van der Waals surface area contributed by atoms with Gasteiger partial charge in [0.05, 0.1) is 5.52 Å². The van der Waals surface area contributed by atoms with Crippen molar-refractivity contribution in [3.8, 4) is 0 Å². The number of aromatic amines is 1. The average molecular weight is 250 g/mol. The molecule has 2 aromatic rings. The molecule has 0 aliphatic heterocycles. The third-order valence-corrected chi connectivity index (χ3v) is 4.40. The van der Waals surface area contributed by atoms with E-state index in [0.29, 0.717) is 16.3 Å². The Kier molecular flexibility index (Phi) is 2.63. The lowest BCUT2D eigenvalue weighted by Gasteiger charge is -2.19. The maximum atomic E-state index is 11.0. The molecule has 0 atom stereocenters. The number of aromatic nitrogens is 2. The first-order valence-electron chi connectivity index (χ1n) is 5.96. The van der Waals surface area contributed by atoms with E-state index >= 15 is 0 Å². The lowest BCUT2D eigenvalue weighted by Crippen LogP contribution is -2.06. The van der Waals surface area contributed by atoms with Gasteiger partial charge in [-0.05, 0) is 12.8 Å². The Morgan fingerprint density at radius 1 is 1.41 bits per heavy atom. The molecular formula is C12H14N2O2S. The fourth-order valence-corrected chi connectivity index (χ4v) is 3.33. The Morgan fingerprint density at radius 2 is 2.18 bits per heavy atom. The van der Waals surface area contributed by atoms with Gasteiger partial charge in [0.25, 0.3) is 0 Å². The molecule has 0 radical (unpaired) electrons. The monoisotopic (exact) mass is 250 g/mol. The minimum absolute atomic E-state index is 0.346. The van der Waals surface area contributed by atoms with Gasteiger partial charge in [-0.2, -0.15) is 0 Å². The predicted octanol–water partition coefficient (Wildman–Crippen LogP) is 3.37. The number of fused-ring (bicyclic) bond motifs is 1. The molecule has 1 fully saturated rings. The molecule has 5 heteroatoms. The summed E-state index contributed by atoms with van der Waals surface area (Å²) in [6.07, 6.45) is 6.16. The van der Waals surface area contributed by atoms with Crippen molar-refractivity contribution in [3.05, 3.63) is 16.1 Å². The molecule has 0 amide bonds. The molecule has 4 nitrogen and oxygen atoms in total. The maximum Gasteiger partial charge on any atom is 0.348 e. The standard InChI is InChI=1S/C12H14N2O2S/c15-12(16)10-9-8(6-17-10)13-11(14-9)7-4-2-1-3-5-7/h6-7H,1-5H2,(H,13,14)(H,15,16). The SMILES string of the molecule is O=C(O)c1scc2[nH]c(C3CCCCC3)nc12. The Bertz CT molecular complexity index is 552. The molecule has 0 bridgehead atoms. The summed E-state index contributed by atoms with van der Waals surface area (Å²) in [7, 11) is 0. The van der Waals surface area contributed by atoms with Gasteiger partial charge in [0.15, 0.2) is 0 Å². The van der Waals surface area contributed by atoms with Crippen LogP contribution in [0.5, 0.6) is 0 Å². The van der Waals surface area contributed by atoms with E-state index in [1.807, 2.05) is 5.38 Å². The van der Waals surface area contributed by atoms with E-state index in [2.05, 4.69) is 9.97 Å². The van der Waals surface area contributed by atoms with Gasteiger partial charge < -0.3 is 10.1 Å². The van der Waals surface area contributed by atoms with Crippen molar-refractivity contribution in [3.63, 3.8) is 0 Å². The first kappa shape index (κ1) is 10.8. The van der Waals surface area contributed by atoms with Crippen LogP contribution in [0.25, 0.3) is 11.0 Å². The molecule has 0 unspecified atom stereocenters. The van der Waals surface area contributed by atoms with Gasteiger partial charge in [-0.25, -0.2) is 9.78 Å². The molecular weight excluding hydrogens is 236 g/mol. The van der Waals surface area contributed by atoms with Gasteiger partial charge in [0.1, 0.15) is 16.2 Å². The zero-order chi connectivity index (χ0) is 11.8. The number of rotatable bonds is 2. The summed E-state index contributed by atoms with van der Waals surface area (Å²) in [5, 5.41) is 10.9. The third kappa shape index (κ3) is 1.84. The van der Waals surface area contributed by atoms with Crippen LogP contribution in [-0.4, -0.2) is 21.0 Å². The van der Waals surface area contributed by atoms with Crippen molar-refractivity contribution < 1.29 is 9.90 Å². The van der Waals surface area contributed by atoms with E-state index in [9.17, 15) is 4.79 Å². The molecule has 17 heavy (non-hydrogen) atoms. The highest BCUT2D eigenvalue weighted by Gasteiger charge is 2.21. The highest BCUT2D eigenvalue weighted by Crippen LogP contribution is 2.33. The molecule has 0 aromatic carbocycles. The number of nitrogens with one attached hydrogen (secondary N) is 1. The summed E-state index contributed by atoms with van der Waals surface area (Å²) in [5.74, 6) is 0.583. The number of carboxylic acid groups (broad SMARTS) is 1. The van der Waals surface area contributed by atoms with Crippen LogP contribution in [0, 0.1) is 0 Å². The van der Waals surface area contributed by atoms with Crippen LogP contribution in [0.1, 0.15) is 53.5 Å². The molecule has 2 N–H and O–H groups in total. The van der Waals surface area contributed by atoms with Gasteiger partial charge in [-0.1, -0.05) is 19.3 Å². The van der Waals surface area contributed by atoms with Crippen LogP contribution in [0.15, 0.2) is 5.38 Å². The minimum Gasteiger partial charge on any atom is -0.477 e. The smallest absolute Gasteiger partial charge is 0.348 e. The second kappa shape index (κ2) is 4.14. The number of hydrogen-bond donors (Lipinski definition) is 2. The molecule has 2 heterocycles. The van der Waals surface area contributed by atoms with E-state index in [4.69, 9.17) is 5.11 Å². The number of imidazole rings is 1. The van der Waals surface area contributed by atoms with Crippen LogP contribution in [-0.2, 0) is 0 Å². The highest BCUT2D eigenvalue weighted by molar-refractivity contribution is 7.13. The number of H-pyrrole nitrogens is 1. The maximum absolute atomic E-state index is 11.0. The molecule has 0 spiro atoms. The first-order valence-corrected chi connectivity index (χ1v) is 6.84. The predicted molar refractivity (Wildman–Crippen MR) is 66.8 cm³/mol. The van der Waals surface area contributed by atoms with E-state index in [0.717, 1.165) is 11.3 Å². The number of thiophene rings is 1. The lowest BCUT2D eigenvalue weighted by atomic mass is 9.89. The van der Waals surface area contributed by atoms with Gasteiger partial charge in [-0.3, -0.25) is 0 Å². The highest BCUT2D eigenvalue weighted by atomic mass is 32.1. The van der Waals surface area contributed by atoms with Crippen molar-refractivity contribution in [2.45, 2.75) is 38.0 Å². The van der Waals surface area contributed by atoms with Crippen molar-refractivity contribution >= 4 is 28.3 Å². The second-order valence-electron chi connectivity index (χ2n) is 4.59. The summed E-state index contributed by atoms with van der Waals surface area (Å²) in [6.45, 7) is 0. The number of carboxylic acids is 1. The molecule has 3 rings (SSSR count). The summed E-state index contributed by atoms with van der Waals surface area (Å²) >= 11 is 1.24. The summed E-state index contributed by atoms with van der Waals surface area (Å²) < 4.78 is 0. The molecule has 0 saturated heterocycles. The molecule has 1 aliphatic rings. The molecule has 90 valence electrons.